The van der Waals surface area contributed by atoms with Crippen LogP contribution in [0.25, 0.3) is 0 Å². The third-order valence-corrected chi connectivity index (χ3v) is 2.60. The zero-order valence-corrected chi connectivity index (χ0v) is 8.65. The maximum atomic E-state index is 5.75. The monoisotopic (exact) mass is 208 g/mol. The number of anilines is 1. The highest BCUT2D eigenvalue weighted by Gasteiger charge is 2.15. The SMILES string of the molecule is NNc1nccc(OC2CCCCC2)n1. The van der Waals surface area contributed by atoms with Crippen LogP contribution in [0.15, 0.2) is 12.3 Å². The lowest BCUT2D eigenvalue weighted by Gasteiger charge is -2.22. The van der Waals surface area contributed by atoms with Crippen LogP contribution in [-0.2, 0) is 0 Å². The van der Waals surface area contributed by atoms with Gasteiger partial charge in [-0.15, -0.1) is 0 Å². The molecule has 0 saturated heterocycles. The van der Waals surface area contributed by atoms with E-state index in [1.165, 1.54) is 19.3 Å². The van der Waals surface area contributed by atoms with E-state index in [-0.39, 0.29) is 0 Å². The van der Waals surface area contributed by atoms with Gasteiger partial charge in [0.05, 0.1) is 0 Å². The summed E-state index contributed by atoms with van der Waals surface area (Å²) in [5, 5.41) is 0. The van der Waals surface area contributed by atoms with E-state index in [1.807, 2.05) is 0 Å². The molecule has 1 aromatic heterocycles. The Hall–Kier alpha value is -1.36. The van der Waals surface area contributed by atoms with E-state index in [0.29, 0.717) is 17.9 Å². The molecule has 3 N–H and O–H groups in total. The number of nitrogens with two attached hydrogens (primary N) is 1. The molecule has 0 aromatic carbocycles. The molecule has 1 saturated carbocycles. The van der Waals surface area contributed by atoms with E-state index < -0.39 is 0 Å². The Morgan fingerprint density at radius 3 is 2.87 bits per heavy atom. The number of rotatable bonds is 3. The van der Waals surface area contributed by atoms with Crippen molar-refractivity contribution in [3.63, 3.8) is 0 Å². The molecule has 15 heavy (non-hydrogen) atoms. The second kappa shape index (κ2) is 4.93. The third-order valence-electron chi connectivity index (χ3n) is 2.60. The quantitative estimate of drug-likeness (QED) is 0.581. The van der Waals surface area contributed by atoms with Gasteiger partial charge < -0.3 is 4.74 Å². The van der Waals surface area contributed by atoms with Crippen molar-refractivity contribution in [3.05, 3.63) is 12.3 Å². The Labute approximate surface area is 89.0 Å². The lowest BCUT2D eigenvalue weighted by molar-refractivity contribution is 0.148. The van der Waals surface area contributed by atoms with Gasteiger partial charge in [-0.2, -0.15) is 4.98 Å². The average Bonchev–Trinajstić information content (AvgIpc) is 2.31. The van der Waals surface area contributed by atoms with Crippen LogP contribution in [0, 0.1) is 0 Å². The van der Waals surface area contributed by atoms with Gasteiger partial charge >= 0.3 is 0 Å². The summed E-state index contributed by atoms with van der Waals surface area (Å²) in [5.74, 6) is 6.21. The first-order valence-electron chi connectivity index (χ1n) is 5.35. The molecule has 1 aromatic rings. The Morgan fingerprint density at radius 1 is 1.33 bits per heavy atom. The summed E-state index contributed by atoms with van der Waals surface area (Å²) in [6.45, 7) is 0. The highest BCUT2D eigenvalue weighted by Crippen LogP contribution is 2.22. The van der Waals surface area contributed by atoms with Crippen LogP contribution in [-0.4, -0.2) is 16.1 Å². The summed E-state index contributed by atoms with van der Waals surface area (Å²) in [7, 11) is 0. The number of hydrogen-bond donors (Lipinski definition) is 2. The van der Waals surface area contributed by atoms with Crippen molar-refractivity contribution in [1.82, 2.24) is 9.97 Å². The maximum Gasteiger partial charge on any atom is 0.240 e. The molecular formula is C10H16N4O. The number of nitrogens with one attached hydrogen (secondary N) is 1. The van der Waals surface area contributed by atoms with Gasteiger partial charge in [-0.25, -0.2) is 10.8 Å². The summed E-state index contributed by atoms with van der Waals surface area (Å²) in [6, 6.07) is 1.76. The lowest BCUT2D eigenvalue weighted by atomic mass is 9.98. The first-order valence-corrected chi connectivity index (χ1v) is 5.35. The lowest BCUT2D eigenvalue weighted by Crippen LogP contribution is -2.20. The summed E-state index contributed by atoms with van der Waals surface area (Å²) >= 11 is 0. The van der Waals surface area contributed by atoms with Crippen molar-refractivity contribution in [2.45, 2.75) is 38.2 Å². The van der Waals surface area contributed by atoms with Crippen LogP contribution in [0.5, 0.6) is 5.88 Å². The Kier molecular flexibility index (Phi) is 3.34. The number of nitrogen functional groups attached to an aromatic ring is 1. The van der Waals surface area contributed by atoms with Crippen molar-refractivity contribution in [2.24, 2.45) is 5.84 Å². The highest BCUT2D eigenvalue weighted by atomic mass is 16.5. The molecule has 0 atom stereocenters. The van der Waals surface area contributed by atoms with E-state index in [9.17, 15) is 0 Å². The molecule has 2 rings (SSSR count). The summed E-state index contributed by atoms with van der Waals surface area (Å²) in [4.78, 5) is 8.04. The molecule has 1 aliphatic carbocycles. The van der Waals surface area contributed by atoms with Crippen LogP contribution >= 0.6 is 0 Å². The molecule has 1 heterocycles. The van der Waals surface area contributed by atoms with Gasteiger partial charge in [-0.05, 0) is 25.7 Å². The zero-order valence-electron chi connectivity index (χ0n) is 8.65. The Morgan fingerprint density at radius 2 is 2.13 bits per heavy atom. The second-order valence-electron chi connectivity index (χ2n) is 3.74. The molecule has 0 amide bonds. The molecule has 0 spiro atoms. The number of nitrogens with zero attached hydrogens (tertiary/aromatic N) is 2. The van der Waals surface area contributed by atoms with Crippen molar-refractivity contribution in [3.8, 4) is 5.88 Å². The first-order chi connectivity index (χ1) is 7.38. The smallest absolute Gasteiger partial charge is 0.240 e. The van der Waals surface area contributed by atoms with Gasteiger partial charge in [0.25, 0.3) is 0 Å². The topological polar surface area (TPSA) is 73.1 Å². The van der Waals surface area contributed by atoms with Gasteiger partial charge in [0.1, 0.15) is 6.10 Å². The van der Waals surface area contributed by atoms with E-state index >= 15 is 0 Å². The highest BCUT2D eigenvalue weighted by molar-refractivity contribution is 5.25. The van der Waals surface area contributed by atoms with E-state index in [4.69, 9.17) is 10.6 Å². The van der Waals surface area contributed by atoms with Crippen LogP contribution in [0.3, 0.4) is 0 Å². The van der Waals surface area contributed by atoms with Crippen molar-refractivity contribution in [1.29, 1.82) is 0 Å². The normalized spacial score (nSPS) is 17.4. The largest absolute Gasteiger partial charge is 0.474 e. The fraction of sp³-hybridized carbons (Fsp3) is 0.600. The molecule has 0 radical (unpaired) electrons. The summed E-state index contributed by atoms with van der Waals surface area (Å²) in [5.41, 5.74) is 2.40. The van der Waals surface area contributed by atoms with Gasteiger partial charge in [-0.3, -0.25) is 5.43 Å². The fourth-order valence-corrected chi connectivity index (χ4v) is 1.83. The number of aromatic nitrogens is 2. The second-order valence-corrected chi connectivity index (χ2v) is 3.74. The van der Waals surface area contributed by atoms with Gasteiger partial charge in [0, 0.05) is 12.3 Å². The van der Waals surface area contributed by atoms with Crippen LogP contribution in [0.1, 0.15) is 32.1 Å². The van der Waals surface area contributed by atoms with E-state index in [2.05, 4.69) is 15.4 Å². The molecule has 5 nitrogen and oxygen atoms in total. The minimum absolute atomic E-state index is 0.305. The Bertz CT molecular complexity index is 312. The van der Waals surface area contributed by atoms with Crippen molar-refractivity contribution in [2.75, 3.05) is 5.43 Å². The van der Waals surface area contributed by atoms with Crippen LogP contribution in [0.4, 0.5) is 5.95 Å². The van der Waals surface area contributed by atoms with Crippen molar-refractivity contribution < 1.29 is 4.74 Å². The molecule has 0 bridgehead atoms. The maximum absolute atomic E-state index is 5.75. The summed E-state index contributed by atoms with van der Waals surface area (Å²) in [6.07, 6.45) is 8.00. The average molecular weight is 208 g/mol. The molecule has 1 fully saturated rings. The number of hydrazine groups is 1. The molecule has 5 heteroatoms. The van der Waals surface area contributed by atoms with Crippen LogP contribution < -0.4 is 16.0 Å². The molecule has 0 unspecified atom stereocenters. The predicted octanol–water partition coefficient (Wildman–Crippen LogP) is 1.47. The standard InChI is InChI=1S/C10H16N4O/c11-14-10-12-7-6-9(13-10)15-8-4-2-1-3-5-8/h6-8H,1-5,11H2,(H,12,13,14). The molecule has 82 valence electrons. The minimum atomic E-state index is 0.305. The molecule has 0 aliphatic heterocycles. The third kappa shape index (κ3) is 2.79. The number of hydrogen-bond acceptors (Lipinski definition) is 5. The molecular weight excluding hydrogens is 192 g/mol. The fourth-order valence-electron chi connectivity index (χ4n) is 1.83. The first kappa shape index (κ1) is 10.2. The van der Waals surface area contributed by atoms with Gasteiger partial charge in [0.2, 0.25) is 11.8 Å². The van der Waals surface area contributed by atoms with E-state index in [0.717, 1.165) is 12.8 Å². The number of ether oxygens (including phenoxy) is 1. The Balaban J connectivity index is 1.96. The van der Waals surface area contributed by atoms with E-state index in [1.54, 1.807) is 12.3 Å². The van der Waals surface area contributed by atoms with Gasteiger partial charge in [-0.1, -0.05) is 6.42 Å². The summed E-state index contributed by atoms with van der Waals surface area (Å²) < 4.78 is 5.75. The minimum Gasteiger partial charge on any atom is -0.474 e. The predicted molar refractivity (Wildman–Crippen MR) is 57.3 cm³/mol. The molecule has 1 aliphatic rings. The van der Waals surface area contributed by atoms with Crippen LogP contribution in [0.2, 0.25) is 0 Å². The van der Waals surface area contributed by atoms with Crippen molar-refractivity contribution >= 4 is 5.95 Å². The van der Waals surface area contributed by atoms with Gasteiger partial charge in [0.15, 0.2) is 0 Å². The zero-order chi connectivity index (χ0) is 10.5.